The molecule has 2 amide bonds. The zero-order chi connectivity index (χ0) is 13.0. The van der Waals surface area contributed by atoms with Crippen LogP contribution in [0.4, 0.5) is 0 Å². The fraction of sp³-hybridized carbons (Fsp3) is 0.846. The van der Waals surface area contributed by atoms with E-state index < -0.39 is 0 Å². The summed E-state index contributed by atoms with van der Waals surface area (Å²) in [4.78, 5) is 25.4. The summed E-state index contributed by atoms with van der Waals surface area (Å²) < 4.78 is 0. The lowest BCUT2D eigenvalue weighted by Crippen LogP contribution is -2.47. The first-order valence-electron chi connectivity index (χ1n) is 6.94. The normalized spacial score (nSPS) is 26.7. The van der Waals surface area contributed by atoms with Crippen LogP contribution in [0.2, 0.25) is 0 Å². The van der Waals surface area contributed by atoms with Gasteiger partial charge in [0.2, 0.25) is 11.8 Å². The van der Waals surface area contributed by atoms with Gasteiger partial charge in [0.05, 0.1) is 5.92 Å². The van der Waals surface area contributed by atoms with Crippen molar-refractivity contribution in [2.45, 2.75) is 38.6 Å². The zero-order valence-corrected chi connectivity index (χ0v) is 11.1. The summed E-state index contributed by atoms with van der Waals surface area (Å²) in [5.41, 5.74) is 0. The summed E-state index contributed by atoms with van der Waals surface area (Å²) in [5.74, 6) is 0.0922. The predicted molar refractivity (Wildman–Crippen MR) is 69.0 cm³/mol. The van der Waals surface area contributed by atoms with Gasteiger partial charge in [-0.1, -0.05) is 0 Å². The van der Waals surface area contributed by atoms with Crippen molar-refractivity contribution >= 4 is 11.8 Å². The van der Waals surface area contributed by atoms with Crippen LogP contribution in [0.5, 0.6) is 0 Å². The van der Waals surface area contributed by atoms with Gasteiger partial charge in [-0.25, -0.2) is 0 Å². The number of hydrogen-bond donors (Lipinski definition) is 2. The van der Waals surface area contributed by atoms with Crippen molar-refractivity contribution in [3.63, 3.8) is 0 Å². The molecule has 2 fully saturated rings. The lowest BCUT2D eigenvalue weighted by Gasteiger charge is -2.25. The highest BCUT2D eigenvalue weighted by Gasteiger charge is 2.25. The molecule has 2 aliphatic heterocycles. The molecule has 5 heteroatoms. The molecule has 0 saturated carbocycles. The third kappa shape index (κ3) is 3.70. The molecule has 0 radical (unpaired) electrons. The Hall–Kier alpha value is -1.10. The average Bonchev–Trinajstić information content (AvgIpc) is 2.82. The molecule has 2 saturated heterocycles. The molecule has 0 bridgehead atoms. The summed E-state index contributed by atoms with van der Waals surface area (Å²) in [6.07, 6.45) is 3.69. The van der Waals surface area contributed by atoms with Gasteiger partial charge in [0.25, 0.3) is 0 Å². The van der Waals surface area contributed by atoms with Gasteiger partial charge in [0.15, 0.2) is 0 Å². The van der Waals surface area contributed by atoms with Crippen molar-refractivity contribution in [2.75, 3.05) is 26.2 Å². The second-order valence-corrected chi connectivity index (χ2v) is 5.46. The number of amides is 2. The number of piperidine rings is 1. The standard InChI is InChI=1S/C13H23N3O2/c1-10(9-16-6-2-3-7-16)15-13(18)11-4-5-12(17)14-8-11/h10-11H,2-9H2,1H3,(H,14,17)(H,15,18). The molecule has 0 aromatic rings. The van der Waals surface area contributed by atoms with E-state index in [-0.39, 0.29) is 23.8 Å². The molecule has 2 N–H and O–H groups in total. The molecular formula is C13H23N3O2. The van der Waals surface area contributed by atoms with Crippen molar-refractivity contribution in [1.29, 1.82) is 0 Å². The monoisotopic (exact) mass is 253 g/mol. The van der Waals surface area contributed by atoms with Gasteiger partial charge in [-0.05, 0) is 39.3 Å². The second-order valence-electron chi connectivity index (χ2n) is 5.46. The Labute approximate surface area is 108 Å². The maximum Gasteiger partial charge on any atom is 0.225 e. The van der Waals surface area contributed by atoms with Crippen LogP contribution in [-0.2, 0) is 9.59 Å². The molecule has 2 rings (SSSR count). The van der Waals surface area contributed by atoms with Crippen LogP contribution >= 0.6 is 0 Å². The van der Waals surface area contributed by atoms with E-state index in [0.29, 0.717) is 19.4 Å². The molecule has 0 aromatic carbocycles. The number of carbonyl (C=O) groups excluding carboxylic acids is 2. The van der Waals surface area contributed by atoms with E-state index in [2.05, 4.69) is 22.5 Å². The average molecular weight is 253 g/mol. The fourth-order valence-corrected chi connectivity index (χ4v) is 2.72. The van der Waals surface area contributed by atoms with Crippen molar-refractivity contribution in [3.05, 3.63) is 0 Å². The molecule has 2 atom stereocenters. The Kier molecular flexibility index (Phi) is 4.58. The van der Waals surface area contributed by atoms with Crippen LogP contribution < -0.4 is 10.6 Å². The molecule has 0 spiro atoms. The molecule has 2 heterocycles. The quantitative estimate of drug-likeness (QED) is 0.748. The number of hydrogen-bond acceptors (Lipinski definition) is 3. The first-order chi connectivity index (χ1) is 8.65. The van der Waals surface area contributed by atoms with E-state index in [1.54, 1.807) is 0 Å². The van der Waals surface area contributed by atoms with Crippen molar-refractivity contribution in [1.82, 2.24) is 15.5 Å². The Morgan fingerprint density at radius 3 is 2.83 bits per heavy atom. The van der Waals surface area contributed by atoms with E-state index in [1.807, 2.05) is 0 Å². The van der Waals surface area contributed by atoms with E-state index in [0.717, 1.165) is 19.6 Å². The van der Waals surface area contributed by atoms with E-state index >= 15 is 0 Å². The Morgan fingerprint density at radius 1 is 1.50 bits per heavy atom. The summed E-state index contributed by atoms with van der Waals surface area (Å²) >= 11 is 0. The van der Waals surface area contributed by atoms with Gasteiger partial charge in [-0.3, -0.25) is 9.59 Å². The summed E-state index contributed by atoms with van der Waals surface area (Å²) in [5, 5.41) is 5.81. The smallest absolute Gasteiger partial charge is 0.225 e. The Bertz CT molecular complexity index is 303. The summed E-state index contributed by atoms with van der Waals surface area (Å²) in [6, 6.07) is 0.188. The highest BCUT2D eigenvalue weighted by molar-refractivity contribution is 5.83. The number of nitrogens with zero attached hydrogens (tertiary/aromatic N) is 1. The van der Waals surface area contributed by atoms with Crippen LogP contribution in [0.1, 0.15) is 32.6 Å². The van der Waals surface area contributed by atoms with Crippen LogP contribution in [0.15, 0.2) is 0 Å². The molecule has 0 aliphatic carbocycles. The number of rotatable bonds is 4. The van der Waals surface area contributed by atoms with Crippen LogP contribution in [0.25, 0.3) is 0 Å². The molecule has 18 heavy (non-hydrogen) atoms. The SMILES string of the molecule is CC(CN1CCCC1)NC(=O)C1CCC(=O)NC1. The van der Waals surface area contributed by atoms with Crippen molar-refractivity contribution in [2.24, 2.45) is 5.92 Å². The highest BCUT2D eigenvalue weighted by atomic mass is 16.2. The molecule has 5 nitrogen and oxygen atoms in total. The maximum absolute atomic E-state index is 12.0. The first kappa shape index (κ1) is 13.3. The molecule has 102 valence electrons. The van der Waals surface area contributed by atoms with Gasteiger partial charge in [-0.15, -0.1) is 0 Å². The number of carbonyl (C=O) groups is 2. The maximum atomic E-state index is 12.0. The highest BCUT2D eigenvalue weighted by Crippen LogP contribution is 2.12. The lowest BCUT2D eigenvalue weighted by molar-refractivity contribution is -0.129. The fourth-order valence-electron chi connectivity index (χ4n) is 2.72. The molecular weight excluding hydrogens is 230 g/mol. The van der Waals surface area contributed by atoms with Gasteiger partial charge < -0.3 is 15.5 Å². The van der Waals surface area contributed by atoms with Gasteiger partial charge in [0, 0.05) is 25.6 Å². The van der Waals surface area contributed by atoms with Crippen LogP contribution in [0, 0.1) is 5.92 Å². The van der Waals surface area contributed by atoms with Gasteiger partial charge in [-0.2, -0.15) is 0 Å². The topological polar surface area (TPSA) is 61.4 Å². The largest absolute Gasteiger partial charge is 0.355 e. The predicted octanol–water partition coefficient (Wildman–Crippen LogP) is 0.113. The lowest BCUT2D eigenvalue weighted by atomic mass is 9.98. The van der Waals surface area contributed by atoms with Crippen molar-refractivity contribution < 1.29 is 9.59 Å². The first-order valence-corrected chi connectivity index (χ1v) is 6.94. The third-order valence-corrected chi connectivity index (χ3v) is 3.76. The Balaban J connectivity index is 1.70. The Morgan fingerprint density at radius 2 is 2.22 bits per heavy atom. The van der Waals surface area contributed by atoms with Crippen LogP contribution in [0.3, 0.4) is 0 Å². The van der Waals surface area contributed by atoms with E-state index in [4.69, 9.17) is 0 Å². The number of nitrogens with one attached hydrogen (secondary N) is 2. The van der Waals surface area contributed by atoms with E-state index in [1.165, 1.54) is 12.8 Å². The van der Waals surface area contributed by atoms with E-state index in [9.17, 15) is 9.59 Å². The van der Waals surface area contributed by atoms with Crippen molar-refractivity contribution in [3.8, 4) is 0 Å². The summed E-state index contributed by atoms with van der Waals surface area (Å²) in [7, 11) is 0. The minimum absolute atomic E-state index is 0.0521. The minimum atomic E-state index is -0.0521. The molecule has 0 aromatic heterocycles. The minimum Gasteiger partial charge on any atom is -0.355 e. The number of likely N-dealkylation sites (tertiary alicyclic amines) is 1. The van der Waals surface area contributed by atoms with Gasteiger partial charge in [0.1, 0.15) is 0 Å². The zero-order valence-electron chi connectivity index (χ0n) is 11.1. The molecule has 2 unspecified atom stereocenters. The second kappa shape index (κ2) is 6.18. The third-order valence-electron chi connectivity index (χ3n) is 3.76. The van der Waals surface area contributed by atoms with Crippen LogP contribution in [-0.4, -0.2) is 48.9 Å². The van der Waals surface area contributed by atoms with Gasteiger partial charge >= 0.3 is 0 Å². The molecule has 2 aliphatic rings. The summed E-state index contributed by atoms with van der Waals surface area (Å²) in [6.45, 7) is 5.78.